The summed E-state index contributed by atoms with van der Waals surface area (Å²) in [6.45, 7) is -4.31. The molecule has 0 unspecified atom stereocenters. The first-order chi connectivity index (χ1) is 25.5. The number of rotatable bonds is 4. The maximum absolute atomic E-state index is 9.92. The second-order valence-electron chi connectivity index (χ2n) is 10.8. The van der Waals surface area contributed by atoms with Crippen LogP contribution < -0.4 is 0 Å². The summed E-state index contributed by atoms with van der Waals surface area (Å²) >= 11 is 0. The van der Waals surface area contributed by atoms with E-state index in [0.717, 1.165) is 44.3 Å². The van der Waals surface area contributed by atoms with E-state index in [9.17, 15) is 5.26 Å². The van der Waals surface area contributed by atoms with Crippen molar-refractivity contribution in [2.24, 2.45) is 0 Å². The van der Waals surface area contributed by atoms with Crippen LogP contribution in [0.1, 0.15) is 24.9 Å². The Morgan fingerprint density at radius 1 is 0.625 bits per heavy atom. The van der Waals surface area contributed by atoms with E-state index in [2.05, 4.69) is 40.3 Å². The molecule has 0 fully saturated rings. The minimum atomic E-state index is -2.22. The third kappa shape index (κ3) is 6.59. The number of hydrogen-bond donors (Lipinski definition) is 0. The van der Waals surface area contributed by atoms with E-state index in [1.54, 1.807) is 36.4 Å². The van der Waals surface area contributed by atoms with Gasteiger partial charge in [0.15, 0.2) is 0 Å². The third-order valence-electron chi connectivity index (χ3n) is 7.77. The molecule has 3 aromatic heterocycles. The first-order valence-electron chi connectivity index (χ1n) is 17.9. The molecule has 48 heavy (non-hydrogen) atoms. The molecule has 0 aliphatic carbocycles. The molecule has 5 heteroatoms. The van der Waals surface area contributed by atoms with E-state index in [0.29, 0.717) is 28.0 Å². The van der Waals surface area contributed by atoms with Crippen LogP contribution in [0, 0.1) is 37.2 Å². The van der Waals surface area contributed by atoms with Crippen molar-refractivity contribution in [3.8, 4) is 50.8 Å². The number of hydrogen-bond acceptors (Lipinski definition) is 4. The average Bonchev–Trinajstić information content (AvgIpc) is 3.57. The van der Waals surface area contributed by atoms with Crippen molar-refractivity contribution in [3.05, 3.63) is 169 Å². The van der Waals surface area contributed by atoms with Gasteiger partial charge in [-0.15, -0.1) is 54.1 Å². The Balaban J connectivity index is 0.000000246. The van der Waals surface area contributed by atoms with Crippen LogP contribution in [0.15, 0.2) is 144 Å². The molecular formula is C43H29IrN3O-2. The summed E-state index contributed by atoms with van der Waals surface area (Å²) < 4.78 is 50.9. The zero-order valence-corrected chi connectivity index (χ0v) is 27.8. The van der Waals surface area contributed by atoms with Gasteiger partial charge in [0.25, 0.3) is 0 Å². The van der Waals surface area contributed by atoms with E-state index in [4.69, 9.17) is 12.6 Å². The van der Waals surface area contributed by atoms with Crippen LogP contribution in [0.5, 0.6) is 0 Å². The summed E-state index contributed by atoms with van der Waals surface area (Å²) in [6.07, 6.45) is 2.76. The SMILES string of the molecule is [2H]C([2H])([2H])c1ccc(-c2[c-]ccc3c2oc2c(-c4ccc(-c5ccccc5)cc4)c(C#N)ccc23)nc1.[2H]C([2H])([2H])c1ccc(-c2[c-]cccc2)nc1.[Ir]. The Morgan fingerprint density at radius 3 is 1.94 bits per heavy atom. The molecular weight excluding hydrogens is 767 g/mol. The largest absolute Gasteiger partial charge is 0.500 e. The van der Waals surface area contributed by atoms with Gasteiger partial charge in [-0.05, 0) is 59.0 Å². The van der Waals surface area contributed by atoms with Gasteiger partial charge < -0.3 is 14.4 Å². The molecule has 8 rings (SSSR count). The minimum absolute atomic E-state index is 0. The summed E-state index contributed by atoms with van der Waals surface area (Å²) in [6, 6.07) is 48.2. The van der Waals surface area contributed by atoms with Crippen molar-refractivity contribution in [2.75, 3.05) is 0 Å². The number of nitrogens with zero attached hydrogens (tertiary/aromatic N) is 3. The molecule has 3 heterocycles. The second-order valence-corrected chi connectivity index (χ2v) is 10.8. The topological polar surface area (TPSA) is 62.7 Å². The number of furan rings is 1. The van der Waals surface area contributed by atoms with Crippen molar-refractivity contribution < 1.29 is 32.7 Å². The van der Waals surface area contributed by atoms with E-state index in [1.165, 1.54) is 12.4 Å². The molecule has 1 radical (unpaired) electrons. The summed E-state index contributed by atoms with van der Waals surface area (Å²) in [7, 11) is 0. The maximum atomic E-state index is 9.92. The minimum Gasteiger partial charge on any atom is -0.500 e. The fourth-order valence-electron chi connectivity index (χ4n) is 5.48. The van der Waals surface area contributed by atoms with Crippen molar-refractivity contribution in [1.82, 2.24) is 9.97 Å². The zero-order valence-electron chi connectivity index (χ0n) is 31.4. The van der Waals surface area contributed by atoms with Crippen molar-refractivity contribution in [1.29, 1.82) is 5.26 Å². The van der Waals surface area contributed by atoms with Gasteiger partial charge in [0.05, 0.1) is 17.2 Å². The normalized spacial score (nSPS) is 12.9. The molecule has 0 bridgehead atoms. The molecule has 0 atom stereocenters. The Morgan fingerprint density at radius 2 is 1.29 bits per heavy atom. The summed E-state index contributed by atoms with van der Waals surface area (Å²) in [5.41, 5.74) is 8.75. The Kier molecular flexibility index (Phi) is 7.63. The number of pyridine rings is 2. The number of fused-ring (bicyclic) bond motifs is 3. The van der Waals surface area contributed by atoms with Crippen LogP contribution in [0.25, 0.3) is 66.7 Å². The van der Waals surface area contributed by atoms with Gasteiger partial charge >= 0.3 is 0 Å². The summed E-state index contributed by atoms with van der Waals surface area (Å²) in [4.78, 5) is 8.51. The molecule has 0 spiro atoms. The van der Waals surface area contributed by atoms with Crippen molar-refractivity contribution in [2.45, 2.75) is 13.7 Å². The number of benzene rings is 5. The number of nitriles is 1. The monoisotopic (exact) mass is 802 g/mol. The molecule has 5 aromatic carbocycles. The van der Waals surface area contributed by atoms with Gasteiger partial charge in [0.2, 0.25) is 0 Å². The zero-order chi connectivity index (χ0) is 37.2. The molecule has 0 saturated heterocycles. The first-order valence-corrected chi connectivity index (χ1v) is 14.9. The Bertz CT molecular complexity index is 2560. The van der Waals surface area contributed by atoms with E-state index < -0.39 is 13.7 Å². The van der Waals surface area contributed by atoms with Gasteiger partial charge in [-0.2, -0.15) is 5.26 Å². The predicted molar refractivity (Wildman–Crippen MR) is 189 cm³/mol. The van der Waals surface area contributed by atoms with Crippen LogP contribution in [-0.2, 0) is 20.1 Å². The van der Waals surface area contributed by atoms with E-state index in [-0.39, 0.29) is 31.2 Å². The Labute approximate surface area is 302 Å². The summed E-state index contributed by atoms with van der Waals surface area (Å²) in [5, 5.41) is 11.7. The maximum Gasteiger partial charge on any atom is 0.130 e. The van der Waals surface area contributed by atoms with Crippen LogP contribution in [0.4, 0.5) is 0 Å². The molecule has 233 valence electrons. The molecule has 0 aliphatic rings. The molecule has 0 saturated carbocycles. The van der Waals surface area contributed by atoms with Gasteiger partial charge in [-0.25, -0.2) is 0 Å². The van der Waals surface area contributed by atoms with Crippen LogP contribution in [0.2, 0.25) is 0 Å². The van der Waals surface area contributed by atoms with Gasteiger partial charge in [0, 0.05) is 51.7 Å². The molecule has 4 nitrogen and oxygen atoms in total. The van der Waals surface area contributed by atoms with Crippen LogP contribution >= 0.6 is 0 Å². The number of aromatic nitrogens is 2. The number of aryl methyl sites for hydroxylation is 2. The molecule has 0 N–H and O–H groups in total. The third-order valence-corrected chi connectivity index (χ3v) is 7.77. The predicted octanol–water partition coefficient (Wildman–Crippen LogP) is 10.8. The molecule has 0 amide bonds. The van der Waals surface area contributed by atoms with Crippen LogP contribution in [0.3, 0.4) is 0 Å². The van der Waals surface area contributed by atoms with Crippen molar-refractivity contribution in [3.63, 3.8) is 0 Å². The first kappa shape index (κ1) is 25.4. The van der Waals surface area contributed by atoms with Gasteiger partial charge in [-0.3, -0.25) is 0 Å². The average molecular weight is 802 g/mol. The fraction of sp³-hybridized carbons (Fsp3) is 0.0465. The molecule has 8 aromatic rings. The molecule has 0 aliphatic heterocycles. The van der Waals surface area contributed by atoms with Crippen molar-refractivity contribution >= 4 is 21.9 Å². The second kappa shape index (κ2) is 14.4. The standard InChI is InChI=1S/C31H19N2O.C12H10N.Ir/c1-20-10-17-28(33-19-20)27-9-5-8-25-26-16-15-24(18-32)29(31(26)34-30(25)27)23-13-11-22(12-14-23)21-6-3-2-4-7-21;1-10-7-8-12(13-9-10)11-5-3-2-4-6-11;/h2-8,10-17,19H,1H3;2-5,7-9H,1H3;/q2*-1;/i2*1D3;. The van der Waals surface area contributed by atoms with E-state index in [1.807, 2.05) is 78.9 Å². The Hall–Kier alpha value is -5.66. The quantitative estimate of drug-likeness (QED) is 0.166. The smallest absolute Gasteiger partial charge is 0.130 e. The van der Waals surface area contributed by atoms with Gasteiger partial charge in [0.1, 0.15) is 5.58 Å². The summed E-state index contributed by atoms with van der Waals surface area (Å²) in [5.74, 6) is 0. The van der Waals surface area contributed by atoms with E-state index >= 15 is 0 Å². The van der Waals surface area contributed by atoms with Gasteiger partial charge in [-0.1, -0.05) is 95.9 Å². The van der Waals surface area contributed by atoms with Crippen LogP contribution in [-0.4, -0.2) is 9.97 Å². The fourth-order valence-corrected chi connectivity index (χ4v) is 5.48.